The van der Waals surface area contributed by atoms with Crippen LogP contribution in [0.1, 0.15) is 11.1 Å². The normalized spacial score (nSPS) is 10.8. The number of methoxy groups -OCH3 is 1. The van der Waals surface area contributed by atoms with Crippen molar-refractivity contribution in [2.75, 3.05) is 12.4 Å². The van der Waals surface area contributed by atoms with Crippen molar-refractivity contribution in [1.29, 1.82) is 5.26 Å². The largest absolute Gasteiger partial charge is 0.495 e. The van der Waals surface area contributed by atoms with E-state index in [1.165, 1.54) is 19.2 Å². The van der Waals surface area contributed by atoms with Crippen molar-refractivity contribution in [3.8, 4) is 11.8 Å². The molecule has 0 aliphatic heterocycles. The Morgan fingerprint density at radius 2 is 2.04 bits per heavy atom. The molecule has 4 rings (SSSR count). The van der Waals surface area contributed by atoms with Crippen LogP contribution in [0.5, 0.6) is 5.75 Å². The molecule has 2 heterocycles. The third kappa shape index (κ3) is 2.66. The van der Waals surface area contributed by atoms with Gasteiger partial charge in [0.2, 0.25) is 0 Å². The Kier molecular flexibility index (Phi) is 4.05. The van der Waals surface area contributed by atoms with Crippen LogP contribution in [0.4, 0.5) is 17.2 Å². The number of benzene rings is 2. The first-order valence-electron chi connectivity index (χ1n) is 8.44. The van der Waals surface area contributed by atoms with Crippen LogP contribution in [0.15, 0.2) is 48.5 Å². The number of pyridine rings is 1. The molecule has 4 aromatic rings. The highest BCUT2D eigenvalue weighted by Gasteiger charge is 2.17. The highest BCUT2D eigenvalue weighted by atomic mass is 16.6. The molecule has 28 heavy (non-hydrogen) atoms. The highest BCUT2D eigenvalue weighted by Crippen LogP contribution is 2.34. The third-order valence-electron chi connectivity index (χ3n) is 4.54. The molecule has 0 radical (unpaired) electrons. The molecule has 0 bridgehead atoms. The van der Waals surface area contributed by atoms with Gasteiger partial charge in [0, 0.05) is 12.1 Å². The number of nitro benzene ring substituents is 1. The Morgan fingerprint density at radius 3 is 2.75 bits per heavy atom. The van der Waals surface area contributed by atoms with E-state index in [0.717, 1.165) is 16.6 Å². The molecule has 0 saturated carbocycles. The number of nitro groups is 1. The minimum Gasteiger partial charge on any atom is -0.495 e. The van der Waals surface area contributed by atoms with Crippen molar-refractivity contribution in [3.63, 3.8) is 0 Å². The lowest BCUT2D eigenvalue weighted by molar-refractivity contribution is -0.384. The van der Waals surface area contributed by atoms with E-state index in [-0.39, 0.29) is 5.69 Å². The van der Waals surface area contributed by atoms with Crippen LogP contribution in [-0.2, 0) is 0 Å². The third-order valence-corrected chi connectivity index (χ3v) is 4.54. The summed E-state index contributed by atoms with van der Waals surface area (Å²) in [5.74, 6) is 1.09. The summed E-state index contributed by atoms with van der Waals surface area (Å²) in [6.07, 6.45) is 0. The molecule has 138 valence electrons. The first-order valence-corrected chi connectivity index (χ1v) is 8.44. The zero-order valence-electron chi connectivity index (χ0n) is 15.1. The number of fused-ring (bicyclic) bond motifs is 3. The first kappa shape index (κ1) is 17.3. The Morgan fingerprint density at radius 1 is 1.25 bits per heavy atom. The summed E-state index contributed by atoms with van der Waals surface area (Å²) in [5.41, 5.74) is 3.71. The van der Waals surface area contributed by atoms with Crippen LogP contribution in [0.3, 0.4) is 0 Å². The molecule has 0 saturated heterocycles. The van der Waals surface area contributed by atoms with E-state index in [9.17, 15) is 15.4 Å². The fraction of sp³-hybridized carbons (Fsp3) is 0.100. The molecular formula is C20H15N5O3. The van der Waals surface area contributed by atoms with E-state index in [2.05, 4.69) is 16.4 Å². The van der Waals surface area contributed by atoms with Crippen molar-refractivity contribution in [2.24, 2.45) is 0 Å². The maximum absolute atomic E-state index is 11.2. The Balaban J connectivity index is 1.99. The molecule has 1 N–H and O–H groups in total. The lowest BCUT2D eigenvalue weighted by atomic mass is 10.1. The number of rotatable bonds is 4. The van der Waals surface area contributed by atoms with Crippen molar-refractivity contribution >= 4 is 33.9 Å². The number of hydrogen-bond donors (Lipinski definition) is 1. The van der Waals surface area contributed by atoms with Crippen molar-refractivity contribution < 1.29 is 9.66 Å². The molecule has 0 aliphatic rings. The van der Waals surface area contributed by atoms with Gasteiger partial charge in [-0.1, -0.05) is 12.1 Å². The number of non-ortho nitro benzene ring substituents is 1. The van der Waals surface area contributed by atoms with Gasteiger partial charge in [-0.25, -0.2) is 4.98 Å². The predicted octanol–water partition coefficient (Wildman–Crippen LogP) is 4.33. The van der Waals surface area contributed by atoms with Crippen LogP contribution in [0.25, 0.3) is 16.7 Å². The number of para-hydroxylation sites is 2. The standard InChI is InChI=1S/C20H15N5O3/c1-12-9-19(22-16-10-13(25(26)27)7-8-18(16)28-2)24-17-6-4-3-5-15(17)23-20(24)14(12)11-21/h3-10,22H,1-2H3. The lowest BCUT2D eigenvalue weighted by Crippen LogP contribution is -2.03. The fourth-order valence-corrected chi connectivity index (χ4v) is 3.23. The van der Waals surface area contributed by atoms with Gasteiger partial charge >= 0.3 is 0 Å². The van der Waals surface area contributed by atoms with Crippen LogP contribution in [-0.4, -0.2) is 21.4 Å². The average Bonchev–Trinajstić information content (AvgIpc) is 3.07. The van der Waals surface area contributed by atoms with E-state index >= 15 is 0 Å². The number of hydrogen-bond acceptors (Lipinski definition) is 6. The van der Waals surface area contributed by atoms with Crippen molar-refractivity contribution in [3.05, 3.63) is 69.8 Å². The monoisotopic (exact) mass is 373 g/mol. The summed E-state index contributed by atoms with van der Waals surface area (Å²) >= 11 is 0. The quantitative estimate of drug-likeness (QED) is 0.422. The van der Waals surface area contributed by atoms with E-state index in [1.54, 1.807) is 6.07 Å². The van der Waals surface area contributed by atoms with Gasteiger partial charge in [0.1, 0.15) is 17.6 Å². The number of imidazole rings is 1. The second-order valence-corrected chi connectivity index (χ2v) is 6.23. The molecule has 8 nitrogen and oxygen atoms in total. The van der Waals surface area contributed by atoms with Gasteiger partial charge in [0.05, 0.1) is 34.3 Å². The van der Waals surface area contributed by atoms with Crippen LogP contribution in [0, 0.1) is 28.4 Å². The van der Waals surface area contributed by atoms with Crippen LogP contribution < -0.4 is 10.1 Å². The zero-order chi connectivity index (χ0) is 19.8. The molecule has 0 spiro atoms. The average molecular weight is 373 g/mol. The minimum atomic E-state index is -0.461. The number of anilines is 2. The summed E-state index contributed by atoms with van der Waals surface area (Å²) in [5, 5.41) is 24.0. The summed E-state index contributed by atoms with van der Waals surface area (Å²) < 4.78 is 7.18. The summed E-state index contributed by atoms with van der Waals surface area (Å²) in [6, 6.07) is 15.9. The summed E-state index contributed by atoms with van der Waals surface area (Å²) in [7, 11) is 1.50. The maximum Gasteiger partial charge on any atom is 0.271 e. The van der Waals surface area contributed by atoms with Crippen molar-refractivity contribution in [2.45, 2.75) is 6.92 Å². The van der Waals surface area contributed by atoms with Gasteiger partial charge in [-0.2, -0.15) is 5.26 Å². The second-order valence-electron chi connectivity index (χ2n) is 6.23. The smallest absolute Gasteiger partial charge is 0.271 e. The molecule has 8 heteroatoms. The molecule has 2 aromatic heterocycles. The van der Waals surface area contributed by atoms with Crippen molar-refractivity contribution in [1.82, 2.24) is 9.38 Å². The van der Waals surface area contributed by atoms with E-state index in [1.807, 2.05) is 41.7 Å². The van der Waals surface area contributed by atoms with Gasteiger partial charge in [-0.15, -0.1) is 0 Å². The number of nitriles is 1. The Labute approximate surface area is 159 Å². The predicted molar refractivity (Wildman–Crippen MR) is 105 cm³/mol. The van der Waals surface area contributed by atoms with Crippen LogP contribution >= 0.6 is 0 Å². The number of aryl methyl sites for hydroxylation is 1. The molecule has 0 unspecified atom stereocenters. The second kappa shape index (κ2) is 6.55. The van der Waals surface area contributed by atoms with E-state index in [0.29, 0.717) is 28.5 Å². The van der Waals surface area contributed by atoms with Gasteiger partial charge in [0.15, 0.2) is 5.65 Å². The first-order chi connectivity index (χ1) is 13.5. The zero-order valence-corrected chi connectivity index (χ0v) is 15.1. The summed E-state index contributed by atoms with van der Waals surface area (Å²) in [4.78, 5) is 15.3. The number of aromatic nitrogens is 2. The highest BCUT2D eigenvalue weighted by molar-refractivity contribution is 5.86. The molecule has 0 fully saturated rings. The maximum atomic E-state index is 11.2. The number of nitrogens with zero attached hydrogens (tertiary/aromatic N) is 4. The minimum absolute atomic E-state index is 0.0552. The van der Waals surface area contributed by atoms with Crippen LogP contribution in [0.2, 0.25) is 0 Å². The van der Waals surface area contributed by atoms with Gasteiger partial charge < -0.3 is 10.1 Å². The molecule has 2 aromatic carbocycles. The topological polar surface area (TPSA) is 105 Å². The Hall–Kier alpha value is -4.12. The molecule has 0 aliphatic carbocycles. The summed E-state index contributed by atoms with van der Waals surface area (Å²) in [6.45, 7) is 1.83. The van der Waals surface area contributed by atoms with Gasteiger partial charge in [0.25, 0.3) is 5.69 Å². The van der Waals surface area contributed by atoms with Gasteiger partial charge in [-0.05, 0) is 36.8 Å². The SMILES string of the molecule is COc1ccc([N+](=O)[O-])cc1Nc1cc(C)c(C#N)c2nc3ccccc3n12. The van der Waals surface area contributed by atoms with Gasteiger partial charge in [-0.3, -0.25) is 14.5 Å². The molecule has 0 atom stereocenters. The van der Waals surface area contributed by atoms with E-state index in [4.69, 9.17) is 4.74 Å². The number of nitrogens with one attached hydrogen (secondary N) is 1. The van der Waals surface area contributed by atoms with E-state index < -0.39 is 4.92 Å². The molecular weight excluding hydrogens is 358 g/mol. The molecule has 0 amide bonds. The lowest BCUT2D eigenvalue weighted by Gasteiger charge is -2.14. The number of ether oxygens (including phenoxy) is 1. The fourth-order valence-electron chi connectivity index (χ4n) is 3.23. The Bertz CT molecular complexity index is 1290.